The fraction of sp³-hybridized carbons (Fsp3) is 0.462. The number of nitrogens with one attached hydrogen (secondary N) is 1. The lowest BCUT2D eigenvalue weighted by atomic mass is 9.96. The minimum absolute atomic E-state index is 0. The van der Waals surface area contributed by atoms with Gasteiger partial charge in [-0.05, 0) is 31.0 Å². The smallest absolute Gasteiger partial charge is 0.240 e. The molecule has 1 rings (SSSR count). The van der Waals surface area contributed by atoms with Crippen LogP contribution in [0.1, 0.15) is 32.3 Å². The Morgan fingerprint density at radius 3 is 2.72 bits per heavy atom. The maximum absolute atomic E-state index is 11.9. The molecule has 0 aliphatic heterocycles. The molecule has 0 saturated carbocycles. The van der Waals surface area contributed by atoms with E-state index in [1.54, 1.807) is 6.92 Å². The van der Waals surface area contributed by atoms with Gasteiger partial charge in [0.2, 0.25) is 5.91 Å². The molecule has 0 aromatic heterocycles. The lowest BCUT2D eigenvalue weighted by Crippen LogP contribution is -2.51. The van der Waals surface area contributed by atoms with Gasteiger partial charge in [0.15, 0.2) is 0 Å². The lowest BCUT2D eigenvalue weighted by molar-refractivity contribution is -0.126. The maximum atomic E-state index is 11.9. The highest BCUT2D eigenvalue weighted by molar-refractivity contribution is 9.10. The summed E-state index contributed by atoms with van der Waals surface area (Å²) in [6.45, 7) is 4.30. The van der Waals surface area contributed by atoms with Crippen molar-refractivity contribution in [1.82, 2.24) is 5.32 Å². The van der Waals surface area contributed by atoms with Gasteiger partial charge in [-0.3, -0.25) is 4.79 Å². The molecule has 18 heavy (non-hydrogen) atoms. The SMILES string of the molecule is CCCC(C)(N)C(=O)NCc1cccc(Br)c1.Cl. The third-order valence-corrected chi connectivity index (χ3v) is 3.12. The number of carbonyl (C=O) groups excluding carboxylic acids is 1. The summed E-state index contributed by atoms with van der Waals surface area (Å²) in [5.41, 5.74) is 6.22. The van der Waals surface area contributed by atoms with Crippen molar-refractivity contribution in [1.29, 1.82) is 0 Å². The largest absolute Gasteiger partial charge is 0.350 e. The Morgan fingerprint density at radius 1 is 1.50 bits per heavy atom. The summed E-state index contributed by atoms with van der Waals surface area (Å²) in [6.07, 6.45) is 1.59. The topological polar surface area (TPSA) is 55.1 Å². The Balaban J connectivity index is 0.00000289. The van der Waals surface area contributed by atoms with Gasteiger partial charge in [0.25, 0.3) is 0 Å². The zero-order chi connectivity index (χ0) is 12.9. The van der Waals surface area contributed by atoms with Crippen LogP contribution >= 0.6 is 28.3 Å². The first-order valence-electron chi connectivity index (χ1n) is 5.77. The highest BCUT2D eigenvalue weighted by Gasteiger charge is 2.26. The van der Waals surface area contributed by atoms with E-state index in [4.69, 9.17) is 5.73 Å². The molecule has 0 aliphatic rings. The summed E-state index contributed by atoms with van der Waals surface area (Å²) in [5, 5.41) is 2.87. The molecule has 1 unspecified atom stereocenters. The van der Waals surface area contributed by atoms with E-state index in [9.17, 15) is 4.79 Å². The molecule has 0 spiro atoms. The Morgan fingerprint density at radius 2 is 2.17 bits per heavy atom. The van der Waals surface area contributed by atoms with Gasteiger partial charge in [-0.2, -0.15) is 0 Å². The van der Waals surface area contributed by atoms with Crippen molar-refractivity contribution in [3.63, 3.8) is 0 Å². The predicted octanol–water partition coefficient (Wildman–Crippen LogP) is 3.00. The monoisotopic (exact) mass is 334 g/mol. The van der Waals surface area contributed by atoms with Crippen LogP contribution in [0.15, 0.2) is 28.7 Å². The van der Waals surface area contributed by atoms with Gasteiger partial charge in [0, 0.05) is 11.0 Å². The van der Waals surface area contributed by atoms with Gasteiger partial charge >= 0.3 is 0 Å². The number of nitrogens with two attached hydrogens (primary N) is 1. The molecule has 0 radical (unpaired) electrons. The van der Waals surface area contributed by atoms with Crippen LogP contribution in [0.4, 0.5) is 0 Å². The van der Waals surface area contributed by atoms with Crippen molar-refractivity contribution >= 4 is 34.2 Å². The van der Waals surface area contributed by atoms with Gasteiger partial charge in [-0.15, -0.1) is 12.4 Å². The van der Waals surface area contributed by atoms with Crippen LogP contribution < -0.4 is 11.1 Å². The molecule has 0 fully saturated rings. The first kappa shape index (κ1) is 17.4. The summed E-state index contributed by atoms with van der Waals surface area (Å²) in [6, 6.07) is 7.85. The second-order valence-corrected chi connectivity index (χ2v) is 5.40. The molecule has 1 atom stereocenters. The molecule has 5 heteroatoms. The van der Waals surface area contributed by atoms with E-state index >= 15 is 0 Å². The fourth-order valence-electron chi connectivity index (χ4n) is 1.66. The first-order valence-corrected chi connectivity index (χ1v) is 6.56. The average molecular weight is 336 g/mol. The Labute approximate surface area is 123 Å². The number of hydrogen-bond acceptors (Lipinski definition) is 2. The van der Waals surface area contributed by atoms with Gasteiger partial charge < -0.3 is 11.1 Å². The summed E-state index contributed by atoms with van der Waals surface area (Å²) < 4.78 is 1.01. The summed E-state index contributed by atoms with van der Waals surface area (Å²) >= 11 is 3.40. The van der Waals surface area contributed by atoms with E-state index in [2.05, 4.69) is 21.2 Å². The number of hydrogen-bond donors (Lipinski definition) is 2. The van der Waals surface area contributed by atoms with Crippen LogP contribution in [0.5, 0.6) is 0 Å². The number of benzene rings is 1. The molecule has 0 bridgehead atoms. The number of halogens is 2. The van der Waals surface area contributed by atoms with Crippen molar-refractivity contribution in [3.8, 4) is 0 Å². The average Bonchev–Trinajstić information content (AvgIpc) is 2.26. The normalized spacial score (nSPS) is 13.3. The molecule has 0 aliphatic carbocycles. The van der Waals surface area contributed by atoms with Crippen LogP contribution in [0, 0.1) is 0 Å². The molecule has 1 amide bonds. The Kier molecular flexibility index (Phi) is 7.52. The van der Waals surface area contributed by atoms with Crippen LogP contribution in [0.25, 0.3) is 0 Å². The van der Waals surface area contributed by atoms with Gasteiger partial charge in [-0.25, -0.2) is 0 Å². The van der Waals surface area contributed by atoms with E-state index < -0.39 is 5.54 Å². The Hall–Kier alpha value is -0.580. The van der Waals surface area contributed by atoms with Crippen LogP contribution in [-0.2, 0) is 11.3 Å². The van der Waals surface area contributed by atoms with Crippen LogP contribution in [0.2, 0.25) is 0 Å². The highest BCUT2D eigenvalue weighted by Crippen LogP contribution is 2.12. The molecule has 0 saturated heterocycles. The zero-order valence-electron chi connectivity index (χ0n) is 10.7. The zero-order valence-corrected chi connectivity index (χ0v) is 13.1. The Bertz CT molecular complexity index is 396. The minimum Gasteiger partial charge on any atom is -0.350 e. The van der Waals surface area contributed by atoms with Crippen molar-refractivity contribution in [2.45, 2.75) is 38.8 Å². The number of amides is 1. The van der Waals surface area contributed by atoms with Crippen LogP contribution in [0.3, 0.4) is 0 Å². The third-order valence-electron chi connectivity index (χ3n) is 2.63. The predicted molar refractivity (Wildman–Crippen MR) is 80.7 cm³/mol. The molecular weight excluding hydrogens is 316 g/mol. The molecule has 1 aromatic rings. The molecule has 102 valence electrons. The highest BCUT2D eigenvalue weighted by atomic mass is 79.9. The fourth-order valence-corrected chi connectivity index (χ4v) is 2.11. The summed E-state index contributed by atoms with van der Waals surface area (Å²) in [7, 11) is 0. The molecule has 1 aromatic carbocycles. The van der Waals surface area contributed by atoms with Crippen LogP contribution in [-0.4, -0.2) is 11.4 Å². The molecule has 3 nitrogen and oxygen atoms in total. The van der Waals surface area contributed by atoms with E-state index in [1.807, 2.05) is 31.2 Å². The third kappa shape index (κ3) is 5.38. The second kappa shape index (κ2) is 7.77. The number of rotatable bonds is 5. The van der Waals surface area contributed by atoms with Crippen molar-refractivity contribution in [2.75, 3.05) is 0 Å². The standard InChI is InChI=1S/C13H19BrN2O.ClH/c1-3-7-13(2,15)12(17)16-9-10-5-4-6-11(14)8-10;/h4-6,8H,3,7,9,15H2,1-2H3,(H,16,17);1H. The van der Waals surface area contributed by atoms with Gasteiger partial charge in [0.05, 0.1) is 5.54 Å². The first-order chi connectivity index (χ1) is 7.95. The summed E-state index contributed by atoms with van der Waals surface area (Å²) in [4.78, 5) is 11.9. The lowest BCUT2D eigenvalue weighted by Gasteiger charge is -2.22. The van der Waals surface area contributed by atoms with E-state index in [-0.39, 0.29) is 18.3 Å². The van der Waals surface area contributed by atoms with E-state index in [0.29, 0.717) is 13.0 Å². The van der Waals surface area contributed by atoms with Crippen molar-refractivity contribution in [2.24, 2.45) is 5.73 Å². The quantitative estimate of drug-likeness (QED) is 0.869. The van der Waals surface area contributed by atoms with Crippen molar-refractivity contribution < 1.29 is 4.79 Å². The maximum Gasteiger partial charge on any atom is 0.240 e. The number of carbonyl (C=O) groups is 1. The minimum atomic E-state index is -0.777. The van der Waals surface area contributed by atoms with E-state index in [0.717, 1.165) is 16.5 Å². The van der Waals surface area contributed by atoms with E-state index in [1.165, 1.54) is 0 Å². The molecule has 3 N–H and O–H groups in total. The van der Waals surface area contributed by atoms with Gasteiger partial charge in [-0.1, -0.05) is 41.4 Å². The summed E-state index contributed by atoms with van der Waals surface area (Å²) in [5.74, 6) is -0.0978. The second-order valence-electron chi connectivity index (χ2n) is 4.48. The molecular formula is C13H20BrClN2O. The van der Waals surface area contributed by atoms with Crippen molar-refractivity contribution in [3.05, 3.63) is 34.3 Å². The van der Waals surface area contributed by atoms with Gasteiger partial charge in [0.1, 0.15) is 0 Å². The molecule has 0 heterocycles.